The Labute approximate surface area is 192 Å². The Morgan fingerprint density at radius 2 is 1.48 bits per heavy atom. The van der Waals surface area contributed by atoms with Crippen molar-refractivity contribution in [3.63, 3.8) is 0 Å². The van der Waals surface area contributed by atoms with Crippen LogP contribution in [0.15, 0.2) is 103 Å². The number of allylic oxidation sites excluding steroid dienone is 1. The van der Waals surface area contributed by atoms with Crippen molar-refractivity contribution in [1.82, 2.24) is 4.98 Å². The van der Waals surface area contributed by atoms with E-state index < -0.39 is 0 Å². The van der Waals surface area contributed by atoms with Crippen molar-refractivity contribution < 1.29 is 9.53 Å². The van der Waals surface area contributed by atoms with E-state index in [9.17, 15) is 4.79 Å². The van der Waals surface area contributed by atoms with E-state index in [-0.39, 0.29) is 5.78 Å². The maximum absolute atomic E-state index is 12.8. The highest BCUT2D eigenvalue weighted by Crippen LogP contribution is 2.33. The lowest BCUT2D eigenvalue weighted by molar-refractivity contribution is 0.104. The van der Waals surface area contributed by atoms with Crippen LogP contribution in [0.1, 0.15) is 15.9 Å². The molecule has 1 N–H and O–H groups in total. The van der Waals surface area contributed by atoms with Crippen LogP contribution in [0.4, 0.5) is 11.4 Å². The lowest BCUT2D eigenvalue weighted by Gasteiger charge is -2.13. The lowest BCUT2D eigenvalue weighted by Crippen LogP contribution is -1.98. The Balaban J connectivity index is 1.45. The third-order valence-corrected chi connectivity index (χ3v) is 5.55. The van der Waals surface area contributed by atoms with Gasteiger partial charge in [0.25, 0.3) is 0 Å². The van der Waals surface area contributed by atoms with Crippen LogP contribution in [0.2, 0.25) is 0 Å². The van der Waals surface area contributed by atoms with Crippen LogP contribution >= 0.6 is 0 Å². The number of carbonyl (C=O) groups excluding carboxylic acids is 1. The maximum Gasteiger partial charge on any atom is 0.185 e. The zero-order valence-electron chi connectivity index (χ0n) is 18.2. The van der Waals surface area contributed by atoms with Crippen LogP contribution in [0, 0.1) is 0 Å². The average Bonchev–Trinajstić information content (AvgIpc) is 2.87. The van der Waals surface area contributed by atoms with E-state index >= 15 is 0 Å². The van der Waals surface area contributed by atoms with E-state index in [1.165, 1.54) is 0 Å². The molecular formula is C29H22N2O2. The second kappa shape index (κ2) is 8.97. The summed E-state index contributed by atoms with van der Waals surface area (Å²) in [4.78, 5) is 17.6. The number of hydrogen-bond donors (Lipinski definition) is 1. The molecule has 0 bridgehead atoms. The van der Waals surface area contributed by atoms with E-state index in [0.717, 1.165) is 44.5 Å². The molecule has 0 saturated carbocycles. The summed E-state index contributed by atoms with van der Waals surface area (Å²) in [5.74, 6) is 0.729. The molecule has 0 aliphatic heterocycles. The van der Waals surface area contributed by atoms with Gasteiger partial charge in [-0.15, -0.1) is 0 Å². The van der Waals surface area contributed by atoms with Gasteiger partial charge in [0.1, 0.15) is 5.75 Å². The predicted molar refractivity (Wildman–Crippen MR) is 135 cm³/mol. The van der Waals surface area contributed by atoms with Crippen molar-refractivity contribution in [1.29, 1.82) is 0 Å². The Morgan fingerprint density at radius 1 is 0.818 bits per heavy atom. The molecule has 0 atom stereocenters. The van der Waals surface area contributed by atoms with Crippen molar-refractivity contribution >= 4 is 45.0 Å². The number of ketones is 1. The van der Waals surface area contributed by atoms with Gasteiger partial charge >= 0.3 is 0 Å². The number of anilines is 2. The minimum absolute atomic E-state index is 0.0566. The number of benzene rings is 4. The van der Waals surface area contributed by atoms with Crippen LogP contribution in [0.3, 0.4) is 0 Å². The van der Waals surface area contributed by atoms with Crippen LogP contribution in [-0.4, -0.2) is 17.9 Å². The maximum atomic E-state index is 12.8. The summed E-state index contributed by atoms with van der Waals surface area (Å²) < 4.78 is 5.18. The third kappa shape index (κ3) is 4.32. The van der Waals surface area contributed by atoms with Gasteiger partial charge in [-0.25, -0.2) is 4.98 Å². The number of para-hydroxylation sites is 2. The predicted octanol–water partition coefficient (Wildman–Crippen LogP) is 7.04. The summed E-state index contributed by atoms with van der Waals surface area (Å²) in [5.41, 5.74) is 5.23. The van der Waals surface area contributed by atoms with Gasteiger partial charge < -0.3 is 10.1 Å². The molecule has 5 aromatic rings. The summed E-state index contributed by atoms with van der Waals surface area (Å²) >= 11 is 0. The summed E-state index contributed by atoms with van der Waals surface area (Å²) in [6.07, 6.45) is 3.41. The molecule has 0 aliphatic rings. The van der Waals surface area contributed by atoms with Crippen molar-refractivity contribution in [2.75, 3.05) is 12.4 Å². The average molecular weight is 431 g/mol. The van der Waals surface area contributed by atoms with Gasteiger partial charge in [0.15, 0.2) is 5.78 Å². The fourth-order valence-corrected chi connectivity index (χ4v) is 3.85. The number of carbonyl (C=O) groups is 1. The van der Waals surface area contributed by atoms with Gasteiger partial charge in [0, 0.05) is 22.0 Å². The smallest absolute Gasteiger partial charge is 0.185 e. The molecule has 0 fully saturated rings. The second-order valence-electron chi connectivity index (χ2n) is 7.70. The lowest BCUT2D eigenvalue weighted by atomic mass is 10.1. The Kier molecular flexibility index (Phi) is 5.56. The summed E-state index contributed by atoms with van der Waals surface area (Å²) in [5, 5.41) is 5.61. The molecule has 0 saturated heterocycles. The monoisotopic (exact) mass is 430 g/mol. The quantitative estimate of drug-likeness (QED) is 0.178. The van der Waals surface area contributed by atoms with Crippen LogP contribution in [-0.2, 0) is 0 Å². The molecule has 5 rings (SSSR count). The molecular weight excluding hydrogens is 408 g/mol. The molecule has 0 aliphatic carbocycles. The van der Waals surface area contributed by atoms with Crippen molar-refractivity contribution in [2.24, 2.45) is 0 Å². The van der Waals surface area contributed by atoms with E-state index in [4.69, 9.17) is 9.72 Å². The molecule has 4 aromatic carbocycles. The van der Waals surface area contributed by atoms with Crippen molar-refractivity contribution in [3.8, 4) is 5.75 Å². The van der Waals surface area contributed by atoms with E-state index in [0.29, 0.717) is 5.56 Å². The summed E-state index contributed by atoms with van der Waals surface area (Å²) in [7, 11) is 1.63. The highest BCUT2D eigenvalue weighted by molar-refractivity contribution is 6.10. The van der Waals surface area contributed by atoms with Crippen molar-refractivity contribution in [2.45, 2.75) is 0 Å². The molecule has 0 spiro atoms. The molecule has 0 unspecified atom stereocenters. The van der Waals surface area contributed by atoms with Gasteiger partial charge in [-0.05, 0) is 48.0 Å². The van der Waals surface area contributed by atoms with Gasteiger partial charge in [0.2, 0.25) is 0 Å². The topological polar surface area (TPSA) is 51.2 Å². The van der Waals surface area contributed by atoms with Crippen molar-refractivity contribution in [3.05, 3.63) is 114 Å². The van der Waals surface area contributed by atoms with Crippen LogP contribution in [0.5, 0.6) is 5.75 Å². The first-order valence-electron chi connectivity index (χ1n) is 10.7. The fraction of sp³-hybridized carbons (Fsp3) is 0.0345. The first kappa shape index (κ1) is 20.5. The minimum atomic E-state index is -0.0566. The zero-order chi connectivity index (χ0) is 22.6. The fourth-order valence-electron chi connectivity index (χ4n) is 3.85. The normalized spacial score (nSPS) is 11.2. The number of hydrogen-bond acceptors (Lipinski definition) is 4. The molecule has 0 radical (unpaired) electrons. The number of ether oxygens (including phenoxy) is 1. The molecule has 1 aromatic heterocycles. The largest absolute Gasteiger partial charge is 0.497 e. The molecule has 33 heavy (non-hydrogen) atoms. The number of nitrogens with zero attached hydrogens (tertiary/aromatic N) is 1. The Hall–Kier alpha value is -4.44. The highest BCUT2D eigenvalue weighted by Gasteiger charge is 2.10. The number of aromatic nitrogens is 1. The number of rotatable bonds is 6. The Bertz CT molecular complexity index is 1430. The molecule has 4 nitrogen and oxygen atoms in total. The molecule has 0 amide bonds. The standard InChI is InChI=1S/C29H22N2O2/c1-33-23-16-13-20(14-17-23)15-18-28(32)21-7-6-8-22(19-21)30-29-24-9-2-4-11-26(24)31-27-12-5-3-10-25(27)29/h2-19H,1H3,(H,30,31)/b18-15+. The number of nitrogens with one attached hydrogen (secondary N) is 1. The van der Waals surface area contributed by atoms with Gasteiger partial charge in [0.05, 0.1) is 23.8 Å². The first-order chi connectivity index (χ1) is 16.2. The van der Waals surface area contributed by atoms with Crippen LogP contribution in [0.25, 0.3) is 27.9 Å². The first-order valence-corrected chi connectivity index (χ1v) is 10.7. The van der Waals surface area contributed by atoms with E-state index in [2.05, 4.69) is 17.4 Å². The Morgan fingerprint density at radius 3 is 2.15 bits per heavy atom. The van der Waals surface area contributed by atoms with Gasteiger partial charge in [-0.1, -0.05) is 66.7 Å². The van der Waals surface area contributed by atoms with Crippen LogP contribution < -0.4 is 10.1 Å². The highest BCUT2D eigenvalue weighted by atomic mass is 16.5. The number of fused-ring (bicyclic) bond motifs is 2. The molecule has 160 valence electrons. The minimum Gasteiger partial charge on any atom is -0.497 e. The SMILES string of the molecule is COc1ccc(/C=C/C(=O)c2cccc(Nc3c4ccccc4nc4ccccc34)c2)cc1. The van der Waals surface area contributed by atoms with Gasteiger partial charge in [-0.2, -0.15) is 0 Å². The summed E-state index contributed by atoms with van der Waals surface area (Å²) in [6.45, 7) is 0. The third-order valence-electron chi connectivity index (χ3n) is 5.55. The second-order valence-corrected chi connectivity index (χ2v) is 7.70. The molecule has 4 heteroatoms. The zero-order valence-corrected chi connectivity index (χ0v) is 18.2. The molecule has 1 heterocycles. The summed E-state index contributed by atoms with van der Waals surface area (Å²) in [6, 6.07) is 31.3. The number of methoxy groups -OCH3 is 1. The van der Waals surface area contributed by atoms with E-state index in [1.807, 2.05) is 91.0 Å². The van der Waals surface area contributed by atoms with E-state index in [1.54, 1.807) is 13.2 Å². The number of pyridine rings is 1. The van der Waals surface area contributed by atoms with Gasteiger partial charge in [-0.3, -0.25) is 4.79 Å².